The van der Waals surface area contributed by atoms with E-state index in [1.165, 1.54) is 0 Å². The first-order valence-electron chi connectivity index (χ1n) is 3.22. The average molecular weight is 231 g/mol. The van der Waals surface area contributed by atoms with Gasteiger partial charge in [0.05, 0.1) is 6.08 Å². The molecule has 0 radical (unpaired) electrons. The van der Waals surface area contributed by atoms with Gasteiger partial charge in [0.25, 0.3) is 0 Å². The fourth-order valence-electron chi connectivity index (χ4n) is 0.724. The topological polar surface area (TPSA) is 0 Å². The molecule has 0 aromatic carbocycles. The minimum absolute atomic E-state index is 0.765. The standard InChI is InChI=1S/C9H7BrCl/c10-7-3-5-8-4-1-2-6-9(8)11/h2-6H,7H2/q+1/b5-3+. The van der Waals surface area contributed by atoms with Gasteiger partial charge in [-0.3, -0.25) is 0 Å². The summed E-state index contributed by atoms with van der Waals surface area (Å²) in [6.45, 7) is 0. The van der Waals surface area contributed by atoms with Gasteiger partial charge in [0.2, 0.25) is 0 Å². The van der Waals surface area contributed by atoms with Crippen LogP contribution in [-0.2, 0) is 0 Å². The van der Waals surface area contributed by atoms with Gasteiger partial charge in [-0.1, -0.05) is 33.6 Å². The van der Waals surface area contributed by atoms with Crippen LogP contribution in [0.4, 0.5) is 0 Å². The molecule has 0 aromatic heterocycles. The van der Waals surface area contributed by atoms with Crippen molar-refractivity contribution < 1.29 is 0 Å². The summed E-state index contributed by atoms with van der Waals surface area (Å²) in [7, 11) is 0. The maximum Gasteiger partial charge on any atom is 0.158 e. The van der Waals surface area contributed by atoms with Crippen molar-refractivity contribution in [1.82, 2.24) is 0 Å². The van der Waals surface area contributed by atoms with E-state index in [0.29, 0.717) is 0 Å². The molecular formula is C9H7BrCl+. The second-order valence-corrected chi connectivity index (χ2v) is 3.06. The molecule has 0 aromatic rings. The Morgan fingerprint density at radius 3 is 3.09 bits per heavy atom. The Labute approximate surface area is 80.1 Å². The van der Waals surface area contributed by atoms with Gasteiger partial charge in [-0.25, -0.2) is 0 Å². The van der Waals surface area contributed by atoms with E-state index in [-0.39, 0.29) is 0 Å². The zero-order valence-corrected chi connectivity index (χ0v) is 8.19. The highest BCUT2D eigenvalue weighted by atomic mass is 79.9. The molecule has 0 fully saturated rings. The summed E-state index contributed by atoms with van der Waals surface area (Å²) in [5.41, 5.74) is 1.01. The largest absolute Gasteiger partial charge is 0.158 e. The summed E-state index contributed by atoms with van der Waals surface area (Å²) >= 11 is 9.16. The number of alkyl halides is 1. The van der Waals surface area contributed by atoms with Crippen molar-refractivity contribution in [1.29, 1.82) is 0 Å². The molecule has 56 valence electrons. The van der Waals surface area contributed by atoms with Gasteiger partial charge in [0, 0.05) is 17.5 Å². The summed E-state index contributed by atoms with van der Waals surface area (Å²) in [5.74, 6) is 0. The first-order valence-corrected chi connectivity index (χ1v) is 4.72. The highest BCUT2D eigenvalue weighted by molar-refractivity contribution is 9.09. The quantitative estimate of drug-likeness (QED) is 0.504. The lowest BCUT2D eigenvalue weighted by atomic mass is 10.1. The molecule has 0 bridgehead atoms. The molecule has 0 atom stereocenters. The van der Waals surface area contributed by atoms with E-state index in [1.54, 1.807) is 6.08 Å². The van der Waals surface area contributed by atoms with E-state index >= 15 is 0 Å². The molecule has 0 saturated carbocycles. The summed E-state index contributed by atoms with van der Waals surface area (Å²) in [6, 6.07) is 0. The predicted molar refractivity (Wildman–Crippen MR) is 52.8 cm³/mol. The highest BCUT2D eigenvalue weighted by Crippen LogP contribution is 2.17. The second kappa shape index (κ2) is 4.50. The van der Waals surface area contributed by atoms with Crippen LogP contribution < -0.4 is 0 Å². The molecule has 0 unspecified atom stereocenters. The van der Waals surface area contributed by atoms with Crippen LogP contribution in [0.15, 0.2) is 41.0 Å². The number of hydrogen-bond acceptors (Lipinski definition) is 0. The van der Waals surface area contributed by atoms with Crippen LogP contribution in [-0.4, -0.2) is 5.33 Å². The predicted octanol–water partition coefficient (Wildman–Crippen LogP) is 3.36. The molecule has 11 heavy (non-hydrogen) atoms. The van der Waals surface area contributed by atoms with Crippen molar-refractivity contribution in [2.24, 2.45) is 0 Å². The molecule has 1 aliphatic rings. The highest BCUT2D eigenvalue weighted by Gasteiger charge is 2.06. The van der Waals surface area contributed by atoms with Crippen LogP contribution in [0.1, 0.15) is 0 Å². The maximum atomic E-state index is 5.87. The Morgan fingerprint density at radius 2 is 2.45 bits per heavy atom. The van der Waals surface area contributed by atoms with Gasteiger partial charge < -0.3 is 0 Å². The summed E-state index contributed by atoms with van der Waals surface area (Å²) < 4.78 is 0. The SMILES string of the molecule is ClC1=C(/C=C/CBr)C=[C+]C=C1. The van der Waals surface area contributed by atoms with Crippen LogP contribution in [0.25, 0.3) is 0 Å². The van der Waals surface area contributed by atoms with Gasteiger partial charge >= 0.3 is 0 Å². The van der Waals surface area contributed by atoms with Crippen LogP contribution in [0.2, 0.25) is 0 Å². The van der Waals surface area contributed by atoms with E-state index in [0.717, 1.165) is 15.9 Å². The third-order valence-corrected chi connectivity index (χ3v) is 1.95. The average Bonchev–Trinajstić information content (AvgIpc) is 2.03. The molecule has 1 rings (SSSR count). The van der Waals surface area contributed by atoms with Crippen molar-refractivity contribution in [2.45, 2.75) is 0 Å². The fraction of sp³-hybridized carbons (Fsp3) is 0.111. The monoisotopic (exact) mass is 229 g/mol. The maximum absolute atomic E-state index is 5.87. The third-order valence-electron chi connectivity index (χ3n) is 1.23. The van der Waals surface area contributed by atoms with Crippen LogP contribution in [0.3, 0.4) is 0 Å². The van der Waals surface area contributed by atoms with E-state index in [2.05, 4.69) is 22.0 Å². The van der Waals surface area contributed by atoms with Crippen LogP contribution in [0.5, 0.6) is 0 Å². The summed E-state index contributed by atoms with van der Waals surface area (Å²) in [4.78, 5) is 0. The zero-order valence-electron chi connectivity index (χ0n) is 5.85. The normalized spacial score (nSPS) is 16.2. The first-order chi connectivity index (χ1) is 5.34. The van der Waals surface area contributed by atoms with Crippen molar-refractivity contribution in [2.75, 3.05) is 5.33 Å². The van der Waals surface area contributed by atoms with Gasteiger partial charge in [-0.15, -0.1) is 0 Å². The lowest BCUT2D eigenvalue weighted by molar-refractivity contribution is 1.56. The minimum Gasteiger partial charge on any atom is -0.0882 e. The van der Waals surface area contributed by atoms with Gasteiger partial charge in [0.15, 0.2) is 5.03 Å². The number of halogens is 2. The summed E-state index contributed by atoms with van der Waals surface area (Å²) in [5, 5.41) is 1.61. The van der Waals surface area contributed by atoms with Crippen LogP contribution in [0, 0.1) is 6.08 Å². The second-order valence-electron chi connectivity index (χ2n) is 2.00. The number of hydrogen-bond donors (Lipinski definition) is 0. The van der Waals surface area contributed by atoms with E-state index < -0.39 is 0 Å². The Hall–Kier alpha value is -0.360. The van der Waals surface area contributed by atoms with Crippen LogP contribution >= 0.6 is 27.5 Å². The molecule has 0 nitrogen and oxygen atoms in total. The van der Waals surface area contributed by atoms with Gasteiger partial charge in [0.1, 0.15) is 17.7 Å². The fourth-order valence-corrected chi connectivity index (χ4v) is 1.09. The van der Waals surface area contributed by atoms with Gasteiger partial charge in [-0.2, -0.15) is 0 Å². The smallest absolute Gasteiger partial charge is 0.0882 e. The molecule has 0 heterocycles. The van der Waals surface area contributed by atoms with E-state index in [4.69, 9.17) is 11.6 Å². The van der Waals surface area contributed by atoms with Crippen molar-refractivity contribution in [3.63, 3.8) is 0 Å². The molecule has 0 spiro atoms. The zero-order chi connectivity index (χ0) is 8.10. The Morgan fingerprint density at radius 1 is 1.64 bits per heavy atom. The minimum atomic E-state index is 0.765. The lowest BCUT2D eigenvalue weighted by Crippen LogP contribution is -1.80. The van der Waals surface area contributed by atoms with E-state index in [9.17, 15) is 0 Å². The van der Waals surface area contributed by atoms with Gasteiger partial charge in [-0.05, 0) is 0 Å². The van der Waals surface area contributed by atoms with Crippen molar-refractivity contribution >= 4 is 27.5 Å². The molecule has 0 amide bonds. The third kappa shape index (κ3) is 2.63. The molecule has 1 aliphatic carbocycles. The molecule has 0 saturated heterocycles. The Balaban J connectivity index is 2.78. The Kier molecular flexibility index (Phi) is 3.58. The molecule has 0 aliphatic heterocycles. The van der Waals surface area contributed by atoms with E-state index in [1.807, 2.05) is 24.3 Å². The van der Waals surface area contributed by atoms with Crippen molar-refractivity contribution in [3.05, 3.63) is 47.1 Å². The molecular weight excluding hydrogens is 223 g/mol. The summed E-state index contributed by atoms with van der Waals surface area (Å²) in [6.07, 6.45) is 12.4. The van der Waals surface area contributed by atoms with Crippen molar-refractivity contribution in [3.8, 4) is 0 Å². The Bertz CT molecular complexity index is 246. The molecule has 2 heteroatoms. The number of rotatable bonds is 2. The lowest BCUT2D eigenvalue weighted by Gasteiger charge is -1.89. The number of allylic oxidation sites excluding steroid dienone is 8. The molecule has 0 N–H and O–H groups in total. The first kappa shape index (κ1) is 8.73.